The highest BCUT2D eigenvalue weighted by atomic mass is 16.7. The molecule has 0 saturated carbocycles. The third kappa shape index (κ3) is 7.99. The molecule has 1 aromatic heterocycles. The van der Waals surface area contributed by atoms with Crippen LogP contribution in [0.25, 0.3) is 11.3 Å². The zero-order valence-corrected chi connectivity index (χ0v) is 28.1. The number of carbonyl (C=O) groups excluding carboxylic acids is 2. The summed E-state index contributed by atoms with van der Waals surface area (Å²) in [6, 6.07) is 20.2. The smallest absolute Gasteiger partial charge is 0.293 e. The second-order valence-corrected chi connectivity index (χ2v) is 12.2. The molecule has 2 amide bonds. The number of aromatic nitrogens is 2. The summed E-state index contributed by atoms with van der Waals surface area (Å²) in [5.74, 6) is -0.122. The Hall–Kier alpha value is -5.04. The molecule has 0 bridgehead atoms. The topological polar surface area (TPSA) is 127 Å². The van der Waals surface area contributed by atoms with Crippen LogP contribution in [0.3, 0.4) is 0 Å². The van der Waals surface area contributed by atoms with Crippen LogP contribution in [0.2, 0.25) is 0 Å². The van der Waals surface area contributed by atoms with E-state index in [0.717, 1.165) is 42.7 Å². The molecule has 0 aliphatic carbocycles. The molecule has 4 aromatic rings. The van der Waals surface area contributed by atoms with Crippen molar-refractivity contribution >= 4 is 34.7 Å². The molecule has 0 radical (unpaired) electrons. The minimum absolute atomic E-state index is 0.0500. The number of hydrogen-bond acceptors (Lipinski definition) is 9. The molecule has 2 aliphatic heterocycles. The van der Waals surface area contributed by atoms with E-state index in [0.29, 0.717) is 61.3 Å². The number of aryl methyl sites for hydroxylation is 1. The van der Waals surface area contributed by atoms with Gasteiger partial charge >= 0.3 is 0 Å². The number of rotatable bonds is 10. The Bertz CT molecular complexity index is 1830. The first-order valence-electron chi connectivity index (χ1n) is 16.5. The Morgan fingerprint density at radius 3 is 2.33 bits per heavy atom. The lowest BCUT2D eigenvalue weighted by Crippen LogP contribution is -2.40. The predicted molar refractivity (Wildman–Crippen MR) is 189 cm³/mol. The fourth-order valence-corrected chi connectivity index (χ4v) is 6.11. The number of carbonyl (C=O) groups is 2. The summed E-state index contributed by atoms with van der Waals surface area (Å²) in [6.07, 6.45) is 3.73. The fraction of sp³-hybridized carbons (Fsp3) is 0.351. The van der Waals surface area contributed by atoms with Crippen molar-refractivity contribution in [2.75, 3.05) is 68.8 Å². The van der Waals surface area contributed by atoms with Gasteiger partial charge in [-0.2, -0.15) is 0 Å². The minimum atomic E-state index is -0.299. The molecule has 49 heavy (non-hydrogen) atoms. The number of hydrogen-bond donors (Lipinski definition) is 2. The molecule has 0 atom stereocenters. The lowest BCUT2D eigenvalue weighted by atomic mass is 10.0. The predicted octanol–water partition coefficient (Wildman–Crippen LogP) is 4.81. The second-order valence-electron chi connectivity index (χ2n) is 12.2. The lowest BCUT2D eigenvalue weighted by Gasteiger charge is -2.33. The third-order valence-corrected chi connectivity index (χ3v) is 8.98. The van der Waals surface area contributed by atoms with Crippen molar-refractivity contribution < 1.29 is 23.8 Å². The highest BCUT2D eigenvalue weighted by molar-refractivity contribution is 6.05. The molecule has 2 fully saturated rings. The number of piperidine rings is 1. The summed E-state index contributed by atoms with van der Waals surface area (Å²) >= 11 is 0. The van der Waals surface area contributed by atoms with Crippen LogP contribution in [0.5, 0.6) is 0 Å². The number of nitrogens with one attached hydrogen (secondary N) is 2. The number of ether oxygens (including phenoxy) is 3. The summed E-state index contributed by atoms with van der Waals surface area (Å²) < 4.78 is 17.5. The van der Waals surface area contributed by atoms with Crippen LogP contribution < -0.4 is 21.1 Å². The van der Waals surface area contributed by atoms with Gasteiger partial charge in [-0.1, -0.05) is 12.1 Å². The Labute approximate surface area is 285 Å². The van der Waals surface area contributed by atoms with E-state index in [9.17, 15) is 14.4 Å². The van der Waals surface area contributed by atoms with E-state index < -0.39 is 0 Å². The van der Waals surface area contributed by atoms with Crippen molar-refractivity contribution in [2.24, 2.45) is 7.05 Å². The largest absolute Gasteiger partial charge is 0.378 e. The second kappa shape index (κ2) is 15.5. The molecular weight excluding hydrogens is 624 g/mol. The van der Waals surface area contributed by atoms with Gasteiger partial charge in [0.2, 0.25) is 0 Å². The van der Waals surface area contributed by atoms with Gasteiger partial charge in [0.05, 0.1) is 25.0 Å². The van der Waals surface area contributed by atoms with Crippen LogP contribution in [0.15, 0.2) is 77.7 Å². The molecule has 0 unspecified atom stereocenters. The summed E-state index contributed by atoms with van der Waals surface area (Å²) in [6.45, 7) is 6.19. The molecule has 3 heterocycles. The fourth-order valence-electron chi connectivity index (χ4n) is 6.11. The molecule has 256 valence electrons. The zero-order valence-electron chi connectivity index (χ0n) is 28.1. The van der Waals surface area contributed by atoms with Gasteiger partial charge in [-0.15, -0.1) is 0 Å². The summed E-state index contributed by atoms with van der Waals surface area (Å²) in [5, 5.41) is 6.17. The number of anilines is 4. The molecule has 0 spiro atoms. The van der Waals surface area contributed by atoms with E-state index in [-0.39, 0.29) is 29.3 Å². The van der Waals surface area contributed by atoms with Gasteiger partial charge in [-0.05, 0) is 79.9 Å². The normalized spacial score (nSPS) is 15.2. The van der Waals surface area contributed by atoms with Crippen LogP contribution in [0, 0.1) is 6.92 Å². The number of morpholine rings is 1. The monoisotopic (exact) mass is 666 g/mol. The quantitative estimate of drug-likeness (QED) is 0.229. The molecule has 2 aliphatic rings. The zero-order chi connectivity index (χ0) is 34.3. The SMILES string of the molecule is COCOC1CCN(c2ccc(C(=O)Nc3cccc(-c4cn(C)c(=O)c(Nc5ccc(C(=O)N6CCOCC6)cc5)n4)c3C)cc2)CC1. The Morgan fingerprint density at radius 2 is 1.63 bits per heavy atom. The number of methoxy groups -OCH3 is 1. The maximum Gasteiger partial charge on any atom is 0.293 e. The summed E-state index contributed by atoms with van der Waals surface area (Å²) in [7, 11) is 3.30. The number of nitrogens with zero attached hydrogens (tertiary/aromatic N) is 4. The first-order chi connectivity index (χ1) is 23.8. The van der Waals surface area contributed by atoms with Crippen LogP contribution in [-0.4, -0.2) is 85.7 Å². The maximum atomic E-state index is 13.3. The van der Waals surface area contributed by atoms with Crippen LogP contribution in [0.4, 0.5) is 22.9 Å². The van der Waals surface area contributed by atoms with Crippen molar-refractivity contribution in [3.05, 3.63) is 100.0 Å². The van der Waals surface area contributed by atoms with Gasteiger partial charge in [-0.3, -0.25) is 14.4 Å². The average molecular weight is 667 g/mol. The highest BCUT2D eigenvalue weighted by Gasteiger charge is 2.21. The molecule has 2 N–H and O–H groups in total. The molecule has 12 nitrogen and oxygen atoms in total. The van der Waals surface area contributed by atoms with Gasteiger partial charge in [-0.25, -0.2) is 4.98 Å². The molecule has 12 heteroatoms. The van der Waals surface area contributed by atoms with Gasteiger partial charge < -0.3 is 39.2 Å². The molecule has 2 saturated heterocycles. The number of benzene rings is 3. The minimum Gasteiger partial charge on any atom is -0.378 e. The van der Waals surface area contributed by atoms with Crippen molar-refractivity contribution in [2.45, 2.75) is 25.9 Å². The van der Waals surface area contributed by atoms with E-state index in [1.165, 1.54) is 4.57 Å². The van der Waals surface area contributed by atoms with Crippen molar-refractivity contribution in [1.29, 1.82) is 0 Å². The lowest BCUT2D eigenvalue weighted by molar-refractivity contribution is -0.0780. The highest BCUT2D eigenvalue weighted by Crippen LogP contribution is 2.29. The van der Waals surface area contributed by atoms with E-state index >= 15 is 0 Å². The Morgan fingerprint density at radius 1 is 0.939 bits per heavy atom. The molecular formula is C37H42N6O6. The van der Waals surface area contributed by atoms with Gasteiger partial charge in [0.25, 0.3) is 17.4 Å². The van der Waals surface area contributed by atoms with E-state index in [1.807, 2.05) is 49.4 Å². The summed E-state index contributed by atoms with van der Waals surface area (Å²) in [4.78, 5) is 48.0. The van der Waals surface area contributed by atoms with Gasteiger partial charge in [0.1, 0.15) is 6.79 Å². The Balaban J connectivity index is 1.13. The van der Waals surface area contributed by atoms with Crippen molar-refractivity contribution in [1.82, 2.24) is 14.5 Å². The van der Waals surface area contributed by atoms with E-state index in [4.69, 9.17) is 14.2 Å². The third-order valence-electron chi connectivity index (χ3n) is 8.98. The van der Waals surface area contributed by atoms with Crippen LogP contribution in [0.1, 0.15) is 39.1 Å². The average Bonchev–Trinajstić information content (AvgIpc) is 3.14. The van der Waals surface area contributed by atoms with Crippen molar-refractivity contribution in [3.8, 4) is 11.3 Å². The van der Waals surface area contributed by atoms with Gasteiger partial charge in [0.15, 0.2) is 5.82 Å². The van der Waals surface area contributed by atoms with Crippen LogP contribution >= 0.6 is 0 Å². The summed E-state index contributed by atoms with van der Waals surface area (Å²) in [5.41, 5.74) is 5.32. The Kier molecular flexibility index (Phi) is 10.7. The first-order valence-corrected chi connectivity index (χ1v) is 16.5. The van der Waals surface area contributed by atoms with Crippen molar-refractivity contribution in [3.63, 3.8) is 0 Å². The number of amides is 2. The first kappa shape index (κ1) is 33.8. The van der Waals surface area contributed by atoms with Gasteiger partial charge in [0, 0.05) is 80.3 Å². The van der Waals surface area contributed by atoms with E-state index in [1.54, 1.807) is 49.5 Å². The standard InChI is InChI=1S/C37H42N6O6/c1-25-31(5-4-6-32(25)40-35(44)26-9-13-29(14-10-26)42-17-15-30(16-18-42)49-24-47-3)33-23-41(2)37(46)34(39-33)38-28-11-7-27(8-12-28)36(45)43-19-21-48-22-20-43/h4-14,23,30H,15-22,24H2,1-3H3,(H,38,39)(H,40,44). The van der Waals surface area contributed by atoms with E-state index in [2.05, 4.69) is 20.5 Å². The maximum absolute atomic E-state index is 13.3. The molecule has 3 aromatic carbocycles. The van der Waals surface area contributed by atoms with Crippen LogP contribution in [-0.2, 0) is 21.3 Å². The molecule has 6 rings (SSSR count).